The van der Waals surface area contributed by atoms with Crippen molar-refractivity contribution < 1.29 is 0 Å². The first kappa shape index (κ1) is 14.8. The minimum atomic E-state index is 0.208. The molecule has 0 radical (unpaired) electrons. The molecule has 0 spiro atoms. The Hall–Kier alpha value is -1.13. The van der Waals surface area contributed by atoms with E-state index in [9.17, 15) is 0 Å². The molecule has 2 fully saturated rings. The Morgan fingerprint density at radius 2 is 2.05 bits per heavy atom. The lowest BCUT2D eigenvalue weighted by molar-refractivity contribution is 0.138. The van der Waals surface area contributed by atoms with Gasteiger partial charge in [0.05, 0.1) is 0 Å². The van der Waals surface area contributed by atoms with Crippen LogP contribution in [0.1, 0.15) is 37.9 Å². The SMILES string of the molecule is Cc1nc(N2CCN(C)C(C)(C)C2)ccc1CNC1CC1. The Morgan fingerprint density at radius 3 is 2.67 bits per heavy atom. The molecule has 1 saturated heterocycles. The number of likely N-dealkylation sites (N-methyl/N-ethyl adjacent to an activating group) is 1. The maximum absolute atomic E-state index is 4.85. The van der Waals surface area contributed by atoms with E-state index in [1.165, 1.54) is 18.4 Å². The van der Waals surface area contributed by atoms with Crippen molar-refractivity contribution in [3.8, 4) is 0 Å². The van der Waals surface area contributed by atoms with Gasteiger partial charge in [-0.1, -0.05) is 6.07 Å². The maximum atomic E-state index is 4.85. The summed E-state index contributed by atoms with van der Waals surface area (Å²) < 4.78 is 0. The lowest BCUT2D eigenvalue weighted by atomic mass is 10.00. The van der Waals surface area contributed by atoms with Crippen LogP contribution in [0.15, 0.2) is 12.1 Å². The van der Waals surface area contributed by atoms with E-state index in [-0.39, 0.29) is 5.54 Å². The van der Waals surface area contributed by atoms with Gasteiger partial charge in [-0.2, -0.15) is 0 Å². The second-order valence-electron chi connectivity index (χ2n) is 7.22. The molecule has 21 heavy (non-hydrogen) atoms. The van der Waals surface area contributed by atoms with Crippen molar-refractivity contribution >= 4 is 5.82 Å². The summed E-state index contributed by atoms with van der Waals surface area (Å²) in [5.74, 6) is 1.13. The molecule has 1 aromatic heterocycles. The van der Waals surface area contributed by atoms with Crippen LogP contribution in [0.4, 0.5) is 5.82 Å². The molecule has 4 nitrogen and oxygen atoms in total. The molecule has 0 bridgehead atoms. The van der Waals surface area contributed by atoms with Crippen molar-refractivity contribution in [3.05, 3.63) is 23.4 Å². The van der Waals surface area contributed by atoms with Gasteiger partial charge in [0.1, 0.15) is 5.82 Å². The van der Waals surface area contributed by atoms with Crippen LogP contribution in [-0.2, 0) is 6.54 Å². The number of hydrogen-bond acceptors (Lipinski definition) is 4. The Bertz CT molecular complexity index is 508. The Morgan fingerprint density at radius 1 is 1.29 bits per heavy atom. The minimum absolute atomic E-state index is 0.208. The summed E-state index contributed by atoms with van der Waals surface area (Å²) >= 11 is 0. The van der Waals surface area contributed by atoms with E-state index in [1.807, 2.05) is 0 Å². The van der Waals surface area contributed by atoms with Crippen LogP contribution in [0.2, 0.25) is 0 Å². The lowest BCUT2D eigenvalue weighted by Crippen LogP contribution is -2.57. The molecule has 0 unspecified atom stereocenters. The van der Waals surface area contributed by atoms with Crippen LogP contribution < -0.4 is 10.2 Å². The highest BCUT2D eigenvalue weighted by Crippen LogP contribution is 2.24. The summed E-state index contributed by atoms with van der Waals surface area (Å²) in [6.07, 6.45) is 2.67. The first-order chi connectivity index (χ1) is 9.95. The molecule has 1 aliphatic carbocycles. The predicted octanol–water partition coefficient (Wildman–Crippen LogP) is 2.17. The molecule has 1 saturated carbocycles. The number of rotatable bonds is 4. The highest BCUT2D eigenvalue weighted by Gasteiger charge is 2.31. The summed E-state index contributed by atoms with van der Waals surface area (Å²) in [5, 5.41) is 3.57. The third kappa shape index (κ3) is 3.38. The van der Waals surface area contributed by atoms with E-state index < -0.39 is 0 Å². The average Bonchev–Trinajstić information content (AvgIpc) is 3.24. The predicted molar refractivity (Wildman–Crippen MR) is 87.8 cm³/mol. The number of piperazine rings is 1. The summed E-state index contributed by atoms with van der Waals surface area (Å²) in [4.78, 5) is 9.71. The van der Waals surface area contributed by atoms with E-state index >= 15 is 0 Å². The van der Waals surface area contributed by atoms with Crippen molar-refractivity contribution in [1.29, 1.82) is 0 Å². The number of nitrogens with zero attached hydrogens (tertiary/aromatic N) is 3. The second-order valence-corrected chi connectivity index (χ2v) is 7.22. The molecule has 0 atom stereocenters. The van der Waals surface area contributed by atoms with Crippen LogP contribution in [0, 0.1) is 6.92 Å². The standard InChI is InChI=1S/C17H28N4/c1-13-14(11-18-15-6-7-15)5-8-16(19-13)21-10-9-20(4)17(2,3)12-21/h5,8,15,18H,6-7,9-12H2,1-4H3. The highest BCUT2D eigenvalue weighted by molar-refractivity contribution is 5.43. The topological polar surface area (TPSA) is 31.4 Å². The van der Waals surface area contributed by atoms with Crippen molar-refractivity contribution in [3.63, 3.8) is 0 Å². The van der Waals surface area contributed by atoms with Gasteiger partial charge in [0.2, 0.25) is 0 Å². The van der Waals surface area contributed by atoms with Crippen LogP contribution in [0.25, 0.3) is 0 Å². The van der Waals surface area contributed by atoms with Gasteiger partial charge in [-0.05, 0) is 52.3 Å². The number of pyridine rings is 1. The molecular formula is C17H28N4. The summed E-state index contributed by atoms with van der Waals surface area (Å²) in [6, 6.07) is 5.19. The monoisotopic (exact) mass is 288 g/mol. The molecule has 1 aliphatic heterocycles. The Kier molecular flexibility index (Phi) is 3.93. The second kappa shape index (κ2) is 5.58. The first-order valence-corrected chi connectivity index (χ1v) is 8.12. The Balaban J connectivity index is 1.69. The molecule has 3 rings (SSSR count). The van der Waals surface area contributed by atoms with Crippen molar-refractivity contribution in [2.45, 2.75) is 51.7 Å². The normalized spacial score (nSPS) is 22.6. The van der Waals surface area contributed by atoms with Gasteiger partial charge in [-0.3, -0.25) is 4.90 Å². The largest absolute Gasteiger partial charge is 0.353 e. The fraction of sp³-hybridized carbons (Fsp3) is 0.706. The highest BCUT2D eigenvalue weighted by atomic mass is 15.3. The van der Waals surface area contributed by atoms with E-state index in [0.717, 1.165) is 43.7 Å². The molecule has 2 aliphatic rings. The van der Waals surface area contributed by atoms with E-state index in [1.54, 1.807) is 0 Å². The number of anilines is 1. The first-order valence-electron chi connectivity index (χ1n) is 8.12. The van der Waals surface area contributed by atoms with E-state index in [4.69, 9.17) is 4.98 Å². The summed E-state index contributed by atoms with van der Waals surface area (Å²) in [7, 11) is 2.21. The van der Waals surface area contributed by atoms with E-state index in [0.29, 0.717) is 0 Å². The minimum Gasteiger partial charge on any atom is -0.353 e. The number of aryl methyl sites for hydroxylation is 1. The molecule has 1 N–H and O–H groups in total. The molecule has 0 amide bonds. The fourth-order valence-corrected chi connectivity index (χ4v) is 2.92. The van der Waals surface area contributed by atoms with Gasteiger partial charge in [0, 0.05) is 43.5 Å². The van der Waals surface area contributed by atoms with Gasteiger partial charge in [-0.15, -0.1) is 0 Å². The third-order valence-corrected chi connectivity index (χ3v) is 4.98. The van der Waals surface area contributed by atoms with Crippen LogP contribution in [-0.4, -0.2) is 48.1 Å². The van der Waals surface area contributed by atoms with Crippen LogP contribution in [0.5, 0.6) is 0 Å². The van der Waals surface area contributed by atoms with Crippen molar-refractivity contribution in [2.24, 2.45) is 0 Å². The quantitative estimate of drug-likeness (QED) is 0.920. The lowest BCUT2D eigenvalue weighted by Gasteiger charge is -2.45. The molecular weight excluding hydrogens is 260 g/mol. The van der Waals surface area contributed by atoms with Crippen molar-refractivity contribution in [2.75, 3.05) is 31.6 Å². The van der Waals surface area contributed by atoms with E-state index in [2.05, 4.69) is 55.1 Å². The number of hydrogen-bond donors (Lipinski definition) is 1. The zero-order valence-electron chi connectivity index (χ0n) is 13.8. The van der Waals surface area contributed by atoms with Crippen LogP contribution in [0.3, 0.4) is 0 Å². The van der Waals surface area contributed by atoms with Gasteiger partial charge in [0.25, 0.3) is 0 Å². The molecule has 116 valence electrons. The maximum Gasteiger partial charge on any atom is 0.128 e. The third-order valence-electron chi connectivity index (χ3n) is 4.98. The smallest absolute Gasteiger partial charge is 0.128 e. The average molecular weight is 288 g/mol. The molecule has 2 heterocycles. The zero-order valence-corrected chi connectivity index (χ0v) is 13.8. The fourth-order valence-electron chi connectivity index (χ4n) is 2.92. The van der Waals surface area contributed by atoms with Crippen LogP contribution >= 0.6 is 0 Å². The zero-order chi connectivity index (χ0) is 15.0. The van der Waals surface area contributed by atoms with Gasteiger partial charge in [-0.25, -0.2) is 4.98 Å². The van der Waals surface area contributed by atoms with Gasteiger partial charge >= 0.3 is 0 Å². The van der Waals surface area contributed by atoms with Gasteiger partial charge < -0.3 is 10.2 Å². The molecule has 1 aromatic rings. The summed E-state index contributed by atoms with van der Waals surface area (Å²) in [5.41, 5.74) is 2.71. The van der Waals surface area contributed by atoms with Crippen molar-refractivity contribution in [1.82, 2.24) is 15.2 Å². The summed E-state index contributed by atoms with van der Waals surface area (Å²) in [6.45, 7) is 10.9. The molecule has 4 heteroatoms. The Labute approximate surface area is 128 Å². The van der Waals surface area contributed by atoms with Gasteiger partial charge in [0.15, 0.2) is 0 Å². The number of aromatic nitrogens is 1. The molecule has 0 aromatic carbocycles. The number of nitrogens with one attached hydrogen (secondary N) is 1.